The van der Waals surface area contributed by atoms with Gasteiger partial charge in [-0.05, 0) is 25.1 Å². The second-order valence-electron chi connectivity index (χ2n) is 4.94. The van der Waals surface area contributed by atoms with Crippen molar-refractivity contribution in [3.05, 3.63) is 16.9 Å². The van der Waals surface area contributed by atoms with Crippen LogP contribution in [0.25, 0.3) is 0 Å². The lowest BCUT2D eigenvalue weighted by Crippen LogP contribution is -2.54. The molecule has 0 atom stereocenters. The lowest BCUT2D eigenvalue weighted by atomic mass is 9.95. The van der Waals surface area contributed by atoms with E-state index >= 15 is 0 Å². The molecule has 0 unspecified atom stereocenters. The molecule has 2 rings (SSSR count). The summed E-state index contributed by atoms with van der Waals surface area (Å²) < 4.78 is 1.49. The summed E-state index contributed by atoms with van der Waals surface area (Å²) in [6.45, 7) is 0. The molecule has 0 saturated heterocycles. The van der Waals surface area contributed by atoms with Crippen LogP contribution in [0, 0.1) is 0 Å². The van der Waals surface area contributed by atoms with Crippen LogP contribution in [0.15, 0.2) is 6.20 Å². The molecule has 3 N–H and O–H groups in total. The number of hydrogen-bond acceptors (Lipinski definition) is 3. The van der Waals surface area contributed by atoms with E-state index < -0.39 is 5.91 Å². The normalized spacial score (nSPS) is 15.9. The fourth-order valence-electron chi connectivity index (χ4n) is 2.44. The predicted octanol–water partition coefficient (Wildman–Crippen LogP) is 1.60. The molecular formula is C12H18ClN5OS. The van der Waals surface area contributed by atoms with Gasteiger partial charge < -0.3 is 5.73 Å². The van der Waals surface area contributed by atoms with E-state index in [9.17, 15) is 4.79 Å². The van der Waals surface area contributed by atoms with Crippen LogP contribution in [-0.2, 0) is 7.05 Å². The first-order valence-corrected chi connectivity index (χ1v) is 7.36. The molecule has 8 heteroatoms. The highest BCUT2D eigenvalue weighted by Crippen LogP contribution is 2.22. The number of nitrogens with one attached hydrogen (secondary N) is 1. The Morgan fingerprint density at radius 2 is 2.20 bits per heavy atom. The summed E-state index contributed by atoms with van der Waals surface area (Å²) in [5.41, 5.74) is 8.62. The molecule has 1 heterocycles. The maximum Gasteiger partial charge on any atom is 0.291 e. The first-order chi connectivity index (χ1) is 9.49. The second kappa shape index (κ2) is 6.41. The third kappa shape index (κ3) is 3.40. The summed E-state index contributed by atoms with van der Waals surface area (Å²) in [5.74, 6) is -0.394. The number of halogens is 1. The van der Waals surface area contributed by atoms with E-state index in [-0.39, 0.29) is 16.8 Å². The third-order valence-electron chi connectivity index (χ3n) is 3.40. The number of carbonyl (C=O) groups is 1. The van der Waals surface area contributed by atoms with Gasteiger partial charge in [-0.15, -0.1) is 0 Å². The van der Waals surface area contributed by atoms with Gasteiger partial charge in [-0.25, -0.2) is 0 Å². The number of nitrogens with two attached hydrogens (primary N) is 1. The van der Waals surface area contributed by atoms with Gasteiger partial charge in [-0.3, -0.25) is 19.9 Å². The average Bonchev–Trinajstić information content (AvgIpc) is 2.75. The molecule has 1 aromatic rings. The lowest BCUT2D eigenvalue weighted by molar-refractivity contribution is 0.0803. The van der Waals surface area contributed by atoms with Crippen LogP contribution < -0.4 is 11.2 Å². The van der Waals surface area contributed by atoms with E-state index in [0.717, 1.165) is 25.7 Å². The minimum Gasteiger partial charge on any atom is -0.375 e. The molecular weight excluding hydrogens is 298 g/mol. The molecule has 1 saturated carbocycles. The summed E-state index contributed by atoms with van der Waals surface area (Å²) in [5, 5.41) is 6.07. The minimum absolute atomic E-state index is 0.146. The van der Waals surface area contributed by atoms with Gasteiger partial charge in [0.1, 0.15) is 0 Å². The Kier molecular flexibility index (Phi) is 4.82. The zero-order valence-corrected chi connectivity index (χ0v) is 12.9. The molecule has 110 valence electrons. The van der Waals surface area contributed by atoms with Crippen molar-refractivity contribution in [3.8, 4) is 0 Å². The van der Waals surface area contributed by atoms with E-state index in [1.54, 1.807) is 18.3 Å². The average molecular weight is 316 g/mol. The monoisotopic (exact) mass is 315 g/mol. The smallest absolute Gasteiger partial charge is 0.291 e. The van der Waals surface area contributed by atoms with Crippen molar-refractivity contribution < 1.29 is 4.79 Å². The van der Waals surface area contributed by atoms with Crippen molar-refractivity contribution in [3.63, 3.8) is 0 Å². The van der Waals surface area contributed by atoms with Gasteiger partial charge in [0, 0.05) is 13.2 Å². The molecule has 1 aliphatic carbocycles. The number of hydrogen-bond donors (Lipinski definition) is 2. The molecule has 1 fully saturated rings. The highest BCUT2D eigenvalue weighted by molar-refractivity contribution is 7.80. The van der Waals surface area contributed by atoms with Crippen molar-refractivity contribution in [1.82, 2.24) is 20.2 Å². The maximum absolute atomic E-state index is 12.2. The maximum atomic E-state index is 12.2. The topological polar surface area (TPSA) is 76.2 Å². The van der Waals surface area contributed by atoms with Gasteiger partial charge >= 0.3 is 0 Å². The molecule has 0 spiro atoms. The van der Waals surface area contributed by atoms with Gasteiger partial charge in [0.15, 0.2) is 10.8 Å². The number of aromatic nitrogens is 2. The fraction of sp³-hybridized carbons (Fsp3) is 0.583. The van der Waals surface area contributed by atoms with E-state index in [0.29, 0.717) is 5.02 Å². The predicted molar refractivity (Wildman–Crippen MR) is 81.2 cm³/mol. The van der Waals surface area contributed by atoms with E-state index in [1.165, 1.54) is 11.1 Å². The molecule has 0 bridgehead atoms. The van der Waals surface area contributed by atoms with Crippen molar-refractivity contribution >= 4 is 34.8 Å². The molecule has 0 aliphatic heterocycles. The Morgan fingerprint density at radius 1 is 1.55 bits per heavy atom. The van der Waals surface area contributed by atoms with E-state index in [1.807, 2.05) is 0 Å². The Labute approximate surface area is 128 Å². The zero-order chi connectivity index (χ0) is 14.7. The van der Waals surface area contributed by atoms with E-state index in [4.69, 9.17) is 29.6 Å². The van der Waals surface area contributed by atoms with Gasteiger partial charge in [-0.1, -0.05) is 30.9 Å². The molecule has 1 aromatic heterocycles. The Bertz CT molecular complexity index is 512. The third-order valence-corrected chi connectivity index (χ3v) is 3.87. The summed E-state index contributed by atoms with van der Waals surface area (Å²) >= 11 is 11.0. The molecule has 6 nitrogen and oxygen atoms in total. The van der Waals surface area contributed by atoms with E-state index in [2.05, 4.69) is 10.5 Å². The van der Waals surface area contributed by atoms with Crippen molar-refractivity contribution in [2.75, 3.05) is 0 Å². The second-order valence-corrected chi connectivity index (χ2v) is 5.77. The van der Waals surface area contributed by atoms with Gasteiger partial charge in [0.25, 0.3) is 5.91 Å². The number of thiocarbonyl (C=S) groups is 1. The highest BCUT2D eigenvalue weighted by atomic mass is 35.5. The SMILES string of the molecule is Cn1cc(Cl)c(C(=O)NN(C(N)=S)C2CCCCC2)n1. The molecule has 0 radical (unpaired) electrons. The summed E-state index contributed by atoms with van der Waals surface area (Å²) in [6, 6.07) is 0.146. The molecule has 1 aliphatic rings. The number of nitrogens with zero attached hydrogens (tertiary/aromatic N) is 3. The van der Waals surface area contributed by atoms with Crippen LogP contribution in [0.3, 0.4) is 0 Å². The van der Waals surface area contributed by atoms with Crippen molar-refractivity contribution in [2.24, 2.45) is 12.8 Å². The summed E-state index contributed by atoms with van der Waals surface area (Å²) in [4.78, 5) is 12.2. The van der Waals surface area contributed by atoms with Crippen LogP contribution >= 0.6 is 23.8 Å². The number of rotatable bonds is 2. The van der Waals surface area contributed by atoms with Crippen LogP contribution in [0.5, 0.6) is 0 Å². The summed E-state index contributed by atoms with van der Waals surface area (Å²) in [6.07, 6.45) is 6.94. The number of carbonyl (C=O) groups excluding carboxylic acids is 1. The molecule has 20 heavy (non-hydrogen) atoms. The minimum atomic E-state index is -0.394. The molecule has 0 aromatic carbocycles. The zero-order valence-electron chi connectivity index (χ0n) is 11.3. The quantitative estimate of drug-likeness (QED) is 0.640. The van der Waals surface area contributed by atoms with Crippen molar-refractivity contribution in [1.29, 1.82) is 0 Å². The Hall–Kier alpha value is -1.34. The number of aryl methyl sites for hydroxylation is 1. The number of hydrazine groups is 1. The lowest BCUT2D eigenvalue weighted by Gasteiger charge is -2.34. The molecule has 1 amide bonds. The standard InChI is InChI=1S/C12H18ClN5OS/c1-17-7-9(13)10(15-17)11(19)16-18(12(14)20)8-5-3-2-4-6-8/h7-8H,2-6H2,1H3,(H2,14,20)(H,16,19). The first kappa shape index (κ1) is 15.1. The van der Waals surface area contributed by atoms with Gasteiger partial charge in [0.05, 0.1) is 11.1 Å². The van der Waals surface area contributed by atoms with Gasteiger partial charge in [-0.2, -0.15) is 5.10 Å². The van der Waals surface area contributed by atoms with Crippen LogP contribution in [-0.4, -0.2) is 31.9 Å². The van der Waals surface area contributed by atoms with Crippen molar-refractivity contribution in [2.45, 2.75) is 38.1 Å². The first-order valence-electron chi connectivity index (χ1n) is 6.58. The Morgan fingerprint density at radius 3 is 2.70 bits per heavy atom. The van der Waals surface area contributed by atoms with Crippen LogP contribution in [0.1, 0.15) is 42.6 Å². The van der Waals surface area contributed by atoms with Gasteiger partial charge in [0.2, 0.25) is 0 Å². The highest BCUT2D eigenvalue weighted by Gasteiger charge is 2.25. The Balaban J connectivity index is 2.09. The summed E-state index contributed by atoms with van der Waals surface area (Å²) in [7, 11) is 1.70. The van der Waals surface area contributed by atoms with Crippen LogP contribution in [0.4, 0.5) is 0 Å². The largest absolute Gasteiger partial charge is 0.375 e. The van der Waals surface area contributed by atoms with Crippen LogP contribution in [0.2, 0.25) is 5.02 Å². The number of amides is 1. The fourth-order valence-corrected chi connectivity index (χ4v) is 2.90.